The smallest absolute Gasteiger partial charge is 0.139 e. The van der Waals surface area contributed by atoms with E-state index in [0.29, 0.717) is 5.84 Å². The molecule has 5 heteroatoms. The van der Waals surface area contributed by atoms with Crippen LogP contribution in [0.25, 0.3) is 0 Å². The van der Waals surface area contributed by atoms with Crippen LogP contribution in [-0.2, 0) is 0 Å². The van der Waals surface area contributed by atoms with Crippen LogP contribution >= 0.6 is 11.5 Å². The molecule has 0 bridgehead atoms. The highest BCUT2D eigenvalue weighted by Gasteiger charge is 2.04. The van der Waals surface area contributed by atoms with Crippen LogP contribution in [0.1, 0.15) is 10.6 Å². The van der Waals surface area contributed by atoms with Crippen molar-refractivity contribution in [3.8, 4) is 0 Å². The molecule has 0 spiro atoms. The lowest BCUT2D eigenvalue weighted by Crippen LogP contribution is -2.12. The Hall–Kier alpha value is -0.970. The number of nitrogens with zero attached hydrogens (tertiary/aromatic N) is 3. The molecule has 1 aromatic heterocycles. The summed E-state index contributed by atoms with van der Waals surface area (Å²) >= 11 is 1.27. The van der Waals surface area contributed by atoms with E-state index in [0.717, 1.165) is 10.6 Å². The van der Waals surface area contributed by atoms with Gasteiger partial charge in [-0.2, -0.15) is 0 Å². The lowest BCUT2D eigenvalue weighted by molar-refractivity contribution is 1.08. The number of hydrogen-bond donors (Lipinski definition) is 1. The molecular formula is C5H8N4S. The zero-order valence-electron chi connectivity index (χ0n) is 5.83. The quantitative estimate of drug-likeness (QED) is 0.466. The minimum atomic E-state index is 0.507. The van der Waals surface area contributed by atoms with Crippen LogP contribution in [0.4, 0.5) is 0 Å². The Morgan fingerprint density at radius 1 is 1.70 bits per heavy atom. The van der Waals surface area contributed by atoms with E-state index >= 15 is 0 Å². The van der Waals surface area contributed by atoms with Crippen LogP contribution in [0.2, 0.25) is 0 Å². The zero-order chi connectivity index (χ0) is 7.56. The topological polar surface area (TPSA) is 64.2 Å². The van der Waals surface area contributed by atoms with Crippen LogP contribution in [0.15, 0.2) is 4.99 Å². The minimum Gasteiger partial charge on any atom is -0.383 e. The molecule has 0 aliphatic rings. The van der Waals surface area contributed by atoms with Gasteiger partial charge in [-0.1, -0.05) is 4.49 Å². The van der Waals surface area contributed by atoms with E-state index in [9.17, 15) is 0 Å². The molecule has 1 aromatic rings. The summed E-state index contributed by atoms with van der Waals surface area (Å²) in [5.41, 5.74) is 6.36. The van der Waals surface area contributed by atoms with Gasteiger partial charge in [0, 0.05) is 7.05 Å². The molecule has 54 valence electrons. The standard InChI is InChI=1S/C5H8N4S/c1-3-4(5(6)7-2)10-9-8-3/h1-2H3,(H2,6,7). The van der Waals surface area contributed by atoms with Crippen molar-refractivity contribution in [2.45, 2.75) is 6.92 Å². The van der Waals surface area contributed by atoms with Gasteiger partial charge < -0.3 is 5.73 Å². The number of amidine groups is 1. The van der Waals surface area contributed by atoms with Crippen molar-refractivity contribution >= 4 is 17.4 Å². The third kappa shape index (κ3) is 1.13. The monoisotopic (exact) mass is 156 g/mol. The third-order valence-electron chi connectivity index (χ3n) is 1.13. The molecule has 4 nitrogen and oxygen atoms in total. The van der Waals surface area contributed by atoms with E-state index < -0.39 is 0 Å². The molecular weight excluding hydrogens is 148 g/mol. The van der Waals surface area contributed by atoms with Crippen molar-refractivity contribution in [2.75, 3.05) is 7.05 Å². The summed E-state index contributed by atoms with van der Waals surface area (Å²) in [6.07, 6.45) is 0. The minimum absolute atomic E-state index is 0.507. The molecule has 0 aliphatic heterocycles. The van der Waals surface area contributed by atoms with Gasteiger partial charge in [-0.05, 0) is 18.5 Å². The first kappa shape index (κ1) is 7.14. The van der Waals surface area contributed by atoms with Crippen molar-refractivity contribution in [2.24, 2.45) is 10.7 Å². The Kier molecular flexibility index (Phi) is 1.96. The van der Waals surface area contributed by atoms with E-state index in [1.54, 1.807) is 7.05 Å². The summed E-state index contributed by atoms with van der Waals surface area (Å²) in [6.45, 7) is 1.86. The molecule has 0 radical (unpaired) electrons. The summed E-state index contributed by atoms with van der Waals surface area (Å²) in [5, 5.41) is 3.79. The van der Waals surface area contributed by atoms with Crippen molar-refractivity contribution in [1.29, 1.82) is 0 Å². The van der Waals surface area contributed by atoms with Gasteiger partial charge in [-0.25, -0.2) is 0 Å². The van der Waals surface area contributed by atoms with Gasteiger partial charge in [0.15, 0.2) is 0 Å². The summed E-state index contributed by atoms with van der Waals surface area (Å²) in [4.78, 5) is 4.68. The molecule has 1 rings (SSSR count). The van der Waals surface area contributed by atoms with Gasteiger partial charge in [-0.15, -0.1) is 5.10 Å². The molecule has 0 saturated carbocycles. The number of aromatic nitrogens is 2. The largest absolute Gasteiger partial charge is 0.383 e. The molecule has 0 saturated heterocycles. The molecule has 0 aromatic carbocycles. The van der Waals surface area contributed by atoms with Gasteiger partial charge in [-0.3, -0.25) is 4.99 Å². The van der Waals surface area contributed by atoms with Gasteiger partial charge in [0.1, 0.15) is 10.7 Å². The van der Waals surface area contributed by atoms with Gasteiger partial charge in [0.25, 0.3) is 0 Å². The Morgan fingerprint density at radius 2 is 2.40 bits per heavy atom. The first-order valence-electron chi connectivity index (χ1n) is 2.77. The predicted molar refractivity (Wildman–Crippen MR) is 41.3 cm³/mol. The van der Waals surface area contributed by atoms with Crippen LogP contribution in [0, 0.1) is 6.92 Å². The van der Waals surface area contributed by atoms with Crippen LogP contribution < -0.4 is 5.73 Å². The fourth-order valence-electron chi connectivity index (χ4n) is 0.568. The highest BCUT2D eigenvalue weighted by Crippen LogP contribution is 2.07. The number of nitrogens with two attached hydrogens (primary N) is 1. The summed E-state index contributed by atoms with van der Waals surface area (Å²) < 4.78 is 3.72. The molecule has 1 heterocycles. The molecule has 0 unspecified atom stereocenters. The zero-order valence-corrected chi connectivity index (χ0v) is 6.64. The second kappa shape index (κ2) is 2.74. The Labute approximate surface area is 63.0 Å². The second-order valence-corrected chi connectivity index (χ2v) is 2.55. The number of aliphatic imine (C=N–C) groups is 1. The molecule has 2 N–H and O–H groups in total. The third-order valence-corrected chi connectivity index (χ3v) is 1.98. The van der Waals surface area contributed by atoms with Crippen molar-refractivity contribution < 1.29 is 0 Å². The summed E-state index contributed by atoms with van der Waals surface area (Å²) in [7, 11) is 1.65. The van der Waals surface area contributed by atoms with E-state index in [-0.39, 0.29) is 0 Å². The normalized spacial score (nSPS) is 12.0. The first-order chi connectivity index (χ1) is 4.75. The predicted octanol–water partition coefficient (Wildman–Crippen LogP) is 0.182. The van der Waals surface area contributed by atoms with Crippen LogP contribution in [-0.4, -0.2) is 22.5 Å². The maximum atomic E-state index is 5.52. The highest BCUT2D eigenvalue weighted by atomic mass is 32.1. The first-order valence-corrected chi connectivity index (χ1v) is 3.54. The Morgan fingerprint density at radius 3 is 2.80 bits per heavy atom. The summed E-state index contributed by atoms with van der Waals surface area (Å²) in [6, 6.07) is 0. The molecule has 0 aliphatic carbocycles. The fourth-order valence-corrected chi connectivity index (χ4v) is 1.17. The second-order valence-electron chi connectivity index (χ2n) is 1.80. The average Bonchev–Trinajstić information content (AvgIpc) is 2.34. The van der Waals surface area contributed by atoms with E-state index in [4.69, 9.17) is 5.73 Å². The van der Waals surface area contributed by atoms with Crippen molar-refractivity contribution in [3.63, 3.8) is 0 Å². The van der Waals surface area contributed by atoms with Crippen LogP contribution in [0.5, 0.6) is 0 Å². The highest BCUT2D eigenvalue weighted by molar-refractivity contribution is 7.08. The fraction of sp³-hybridized carbons (Fsp3) is 0.400. The number of rotatable bonds is 1. The maximum absolute atomic E-state index is 5.52. The van der Waals surface area contributed by atoms with E-state index in [1.807, 2.05) is 6.92 Å². The molecule has 0 amide bonds. The van der Waals surface area contributed by atoms with Gasteiger partial charge >= 0.3 is 0 Å². The van der Waals surface area contributed by atoms with Crippen LogP contribution in [0.3, 0.4) is 0 Å². The van der Waals surface area contributed by atoms with E-state index in [2.05, 4.69) is 14.6 Å². The van der Waals surface area contributed by atoms with Gasteiger partial charge in [0.05, 0.1) is 5.69 Å². The number of aryl methyl sites for hydroxylation is 1. The van der Waals surface area contributed by atoms with Gasteiger partial charge in [0.2, 0.25) is 0 Å². The lowest BCUT2D eigenvalue weighted by Gasteiger charge is -1.91. The number of hydrogen-bond acceptors (Lipinski definition) is 4. The molecule has 10 heavy (non-hydrogen) atoms. The van der Waals surface area contributed by atoms with Crippen molar-refractivity contribution in [1.82, 2.24) is 9.59 Å². The van der Waals surface area contributed by atoms with Crippen molar-refractivity contribution in [3.05, 3.63) is 10.6 Å². The molecule has 0 atom stereocenters. The Bertz CT molecular complexity index is 252. The average molecular weight is 156 g/mol. The maximum Gasteiger partial charge on any atom is 0.139 e. The Balaban J connectivity index is 3.05. The summed E-state index contributed by atoms with van der Waals surface area (Å²) in [5.74, 6) is 0.507. The van der Waals surface area contributed by atoms with E-state index in [1.165, 1.54) is 11.5 Å². The SMILES string of the molecule is CN=C(N)c1snnc1C. The molecule has 0 fully saturated rings. The lowest BCUT2D eigenvalue weighted by atomic mass is 10.4.